The highest BCUT2D eigenvalue weighted by Gasteiger charge is 2.31. The summed E-state index contributed by atoms with van der Waals surface area (Å²) in [5.41, 5.74) is 1.84. The van der Waals surface area contributed by atoms with Crippen LogP contribution in [0.3, 0.4) is 0 Å². The molecule has 0 atom stereocenters. The highest BCUT2D eigenvalue weighted by atomic mass is 19.4. The molecule has 0 aliphatic heterocycles. The molecule has 3 rings (SSSR count). The zero-order chi connectivity index (χ0) is 30.9. The van der Waals surface area contributed by atoms with Crippen molar-refractivity contribution in [1.82, 2.24) is 0 Å². The zero-order valence-corrected chi connectivity index (χ0v) is 24.0. The van der Waals surface area contributed by atoms with Crippen LogP contribution in [0.25, 0.3) is 11.1 Å². The summed E-state index contributed by atoms with van der Waals surface area (Å²) in [5.74, 6) is -0.573. The molecule has 0 amide bonds. The largest absolute Gasteiger partial charge is 0.573 e. The van der Waals surface area contributed by atoms with Gasteiger partial charge >= 0.3 is 18.3 Å². The average molecular weight is 591 g/mol. The third-order valence-corrected chi connectivity index (χ3v) is 5.70. The number of carbonyl (C=O) groups excluding carboxylic acids is 2. The Morgan fingerprint density at radius 2 is 1.17 bits per heavy atom. The van der Waals surface area contributed by atoms with Crippen LogP contribution in [-0.2, 0) is 24.5 Å². The van der Waals surface area contributed by atoms with Crippen LogP contribution in [0.2, 0.25) is 0 Å². The van der Waals surface area contributed by atoms with E-state index in [1.165, 1.54) is 24.3 Å². The van der Waals surface area contributed by atoms with E-state index in [1.54, 1.807) is 44.2 Å². The maximum absolute atomic E-state index is 12.6. The molecule has 42 heavy (non-hydrogen) atoms. The van der Waals surface area contributed by atoms with Crippen molar-refractivity contribution in [3.05, 3.63) is 66.2 Å². The van der Waals surface area contributed by atoms with Crippen molar-refractivity contribution in [2.75, 3.05) is 26.4 Å². The first-order chi connectivity index (χ1) is 19.8. The van der Waals surface area contributed by atoms with Crippen LogP contribution in [0.1, 0.15) is 40.2 Å². The highest BCUT2D eigenvalue weighted by molar-refractivity contribution is 5.73. The van der Waals surface area contributed by atoms with Gasteiger partial charge in [0, 0.05) is 0 Å². The van der Waals surface area contributed by atoms with E-state index < -0.39 is 24.9 Å². The molecule has 0 bridgehead atoms. The minimum atomic E-state index is -4.81. The second-order valence-corrected chi connectivity index (χ2v) is 9.93. The first-order valence-corrected chi connectivity index (χ1v) is 13.2. The number of carbonyl (C=O) groups is 2. The molecular weight excluding hydrogens is 557 g/mol. The lowest BCUT2D eigenvalue weighted by Crippen LogP contribution is -2.16. The predicted octanol–water partition coefficient (Wildman–Crippen LogP) is 7.23. The summed E-state index contributed by atoms with van der Waals surface area (Å²) in [6, 6.07) is 15.5. The molecule has 0 heterocycles. The Morgan fingerprint density at radius 1 is 0.667 bits per heavy atom. The van der Waals surface area contributed by atoms with Crippen molar-refractivity contribution >= 4 is 11.9 Å². The number of ether oxygens (including phenoxy) is 6. The first kappa shape index (κ1) is 32.1. The molecule has 0 saturated heterocycles. The second-order valence-electron chi connectivity index (χ2n) is 9.93. The van der Waals surface area contributed by atoms with Crippen molar-refractivity contribution in [3.8, 4) is 39.9 Å². The molecule has 11 heteroatoms. The number of benzene rings is 3. The van der Waals surface area contributed by atoms with Gasteiger partial charge in [-0.15, -0.1) is 13.2 Å². The molecule has 0 radical (unpaired) electrons. The maximum Gasteiger partial charge on any atom is 0.573 e. The molecule has 8 nitrogen and oxygen atoms in total. The molecule has 0 aliphatic rings. The van der Waals surface area contributed by atoms with Crippen molar-refractivity contribution in [1.29, 1.82) is 0 Å². The summed E-state index contributed by atoms with van der Waals surface area (Å²) >= 11 is 0. The van der Waals surface area contributed by atoms with Crippen molar-refractivity contribution in [2.45, 2.75) is 46.4 Å². The van der Waals surface area contributed by atoms with E-state index in [0.29, 0.717) is 11.1 Å². The maximum atomic E-state index is 12.6. The topological polar surface area (TPSA) is 89.5 Å². The van der Waals surface area contributed by atoms with Crippen LogP contribution in [0.5, 0.6) is 28.7 Å². The Kier molecular flexibility index (Phi) is 10.7. The first-order valence-electron chi connectivity index (χ1n) is 13.2. The average Bonchev–Trinajstić information content (AvgIpc) is 2.91. The fourth-order valence-electron chi connectivity index (χ4n) is 3.70. The predicted molar refractivity (Wildman–Crippen MR) is 148 cm³/mol. The Labute approximate surface area is 242 Å². The lowest BCUT2D eigenvalue weighted by molar-refractivity contribution is -0.274. The van der Waals surface area contributed by atoms with Gasteiger partial charge in [-0.25, -0.2) is 9.59 Å². The van der Waals surface area contributed by atoms with Gasteiger partial charge in [-0.1, -0.05) is 45.0 Å². The van der Waals surface area contributed by atoms with Crippen LogP contribution in [-0.4, -0.2) is 44.7 Å². The van der Waals surface area contributed by atoms with E-state index in [4.69, 9.17) is 23.7 Å². The van der Waals surface area contributed by atoms with Gasteiger partial charge in [0.25, 0.3) is 0 Å². The van der Waals surface area contributed by atoms with Crippen molar-refractivity contribution in [2.24, 2.45) is 0 Å². The molecule has 0 unspecified atom stereocenters. The van der Waals surface area contributed by atoms with Gasteiger partial charge < -0.3 is 28.4 Å². The van der Waals surface area contributed by atoms with E-state index in [2.05, 4.69) is 4.74 Å². The summed E-state index contributed by atoms with van der Waals surface area (Å²) in [4.78, 5) is 24.0. The summed E-state index contributed by atoms with van der Waals surface area (Å²) in [5, 5.41) is 0. The van der Waals surface area contributed by atoms with Crippen LogP contribution < -0.4 is 18.9 Å². The van der Waals surface area contributed by atoms with E-state index in [0.717, 1.165) is 5.56 Å². The van der Waals surface area contributed by atoms with Gasteiger partial charge in [-0.2, -0.15) is 0 Å². The molecule has 226 valence electrons. The number of rotatable bonds is 12. The monoisotopic (exact) mass is 590 g/mol. The fraction of sp³-hybridized carbons (Fsp3) is 0.355. The SMILES string of the molecule is CCOC(=O)COc1cc(-c2ccc(OC(F)(F)F)cc2)ccc1Oc1ccc(C(C)(C)C)cc1OCC(=O)OCC. The third kappa shape index (κ3) is 9.60. The highest BCUT2D eigenvalue weighted by Crippen LogP contribution is 2.41. The van der Waals surface area contributed by atoms with Gasteiger partial charge in [0.2, 0.25) is 0 Å². The minimum Gasteiger partial charge on any atom is -0.478 e. The molecule has 0 fully saturated rings. The molecule has 3 aromatic rings. The standard InChI is InChI=1S/C31H33F3O8/c1-6-37-28(35)18-39-26-16-21(20-8-12-23(13-9-20)42-31(32,33)34)10-14-24(26)41-25-15-11-22(30(3,4)5)17-27(25)40-19-29(36)38-7-2/h8-17H,6-7,18-19H2,1-5H3. The van der Waals surface area contributed by atoms with E-state index >= 15 is 0 Å². The molecule has 3 aromatic carbocycles. The Balaban J connectivity index is 1.96. The minimum absolute atomic E-state index is 0.160. The molecule has 0 spiro atoms. The summed E-state index contributed by atoms with van der Waals surface area (Å²) in [6.45, 7) is 9.06. The summed E-state index contributed by atoms with van der Waals surface area (Å²) < 4.78 is 69.2. The molecular formula is C31H33F3O8. The lowest BCUT2D eigenvalue weighted by Gasteiger charge is -2.22. The normalized spacial score (nSPS) is 11.4. The smallest absolute Gasteiger partial charge is 0.478 e. The summed E-state index contributed by atoms with van der Waals surface area (Å²) in [7, 11) is 0. The van der Waals surface area contributed by atoms with E-state index in [1.807, 2.05) is 26.8 Å². The number of hydrogen-bond acceptors (Lipinski definition) is 8. The van der Waals surface area contributed by atoms with Gasteiger partial charge in [0.1, 0.15) is 5.75 Å². The lowest BCUT2D eigenvalue weighted by atomic mass is 9.87. The van der Waals surface area contributed by atoms with Crippen molar-refractivity contribution < 1.29 is 51.2 Å². The Hall–Kier alpha value is -4.41. The summed E-state index contributed by atoms with van der Waals surface area (Å²) in [6.07, 6.45) is -4.81. The molecule has 0 aliphatic carbocycles. The number of halogens is 3. The Bertz CT molecular complexity index is 1360. The zero-order valence-electron chi connectivity index (χ0n) is 24.0. The Morgan fingerprint density at radius 3 is 1.67 bits per heavy atom. The van der Waals surface area contributed by atoms with Gasteiger partial charge in [-0.05, 0) is 72.4 Å². The molecule has 0 saturated carbocycles. The fourth-order valence-corrected chi connectivity index (χ4v) is 3.70. The van der Waals surface area contributed by atoms with Gasteiger partial charge in [0.15, 0.2) is 36.2 Å². The van der Waals surface area contributed by atoms with Crippen LogP contribution >= 0.6 is 0 Å². The van der Waals surface area contributed by atoms with Gasteiger partial charge in [-0.3, -0.25) is 0 Å². The van der Waals surface area contributed by atoms with Crippen LogP contribution in [0.15, 0.2) is 60.7 Å². The second kappa shape index (κ2) is 14.0. The molecule has 0 aromatic heterocycles. The van der Waals surface area contributed by atoms with Gasteiger partial charge in [0.05, 0.1) is 13.2 Å². The third-order valence-electron chi connectivity index (χ3n) is 5.70. The van der Waals surface area contributed by atoms with E-state index in [-0.39, 0.29) is 54.0 Å². The quantitative estimate of drug-likeness (QED) is 0.204. The number of hydrogen-bond donors (Lipinski definition) is 0. The van der Waals surface area contributed by atoms with Crippen LogP contribution in [0.4, 0.5) is 13.2 Å². The van der Waals surface area contributed by atoms with Crippen molar-refractivity contribution in [3.63, 3.8) is 0 Å². The van der Waals surface area contributed by atoms with Crippen LogP contribution in [0, 0.1) is 0 Å². The molecule has 0 N–H and O–H groups in total. The number of alkyl halides is 3. The van der Waals surface area contributed by atoms with E-state index in [9.17, 15) is 22.8 Å². The number of esters is 2.